The summed E-state index contributed by atoms with van der Waals surface area (Å²) in [6.07, 6.45) is 0.107. The number of ether oxygens (including phenoxy) is 1. The van der Waals surface area contributed by atoms with E-state index in [-0.39, 0.29) is 6.42 Å². The average Bonchev–Trinajstić information content (AvgIpc) is 3.02. The fourth-order valence-corrected chi connectivity index (χ4v) is 3.16. The van der Waals surface area contributed by atoms with Crippen LogP contribution in [0.1, 0.15) is 5.56 Å². The van der Waals surface area contributed by atoms with Gasteiger partial charge in [-0.1, -0.05) is 24.3 Å². The first-order valence-electron chi connectivity index (χ1n) is 7.80. The molecule has 5 heteroatoms. The predicted molar refractivity (Wildman–Crippen MR) is 95.6 cm³/mol. The lowest BCUT2D eigenvalue weighted by atomic mass is 10.0. The SMILES string of the molecule is COc1cccc(-c2[nH]c3c(c2CC#N)c(=O)oc2ccccc23)c1. The van der Waals surface area contributed by atoms with Gasteiger partial charge in [0.05, 0.1) is 36.2 Å². The summed E-state index contributed by atoms with van der Waals surface area (Å²) in [5, 5.41) is 10.5. The maximum Gasteiger partial charge on any atom is 0.346 e. The van der Waals surface area contributed by atoms with E-state index in [0.29, 0.717) is 27.8 Å². The van der Waals surface area contributed by atoms with E-state index in [4.69, 9.17) is 9.15 Å². The van der Waals surface area contributed by atoms with Gasteiger partial charge in [0.1, 0.15) is 11.3 Å². The summed E-state index contributed by atoms with van der Waals surface area (Å²) >= 11 is 0. The number of aromatic amines is 1. The van der Waals surface area contributed by atoms with E-state index in [9.17, 15) is 10.1 Å². The van der Waals surface area contributed by atoms with Crippen LogP contribution in [0.3, 0.4) is 0 Å². The Bertz CT molecular complexity index is 1200. The molecule has 25 heavy (non-hydrogen) atoms. The quantitative estimate of drug-likeness (QED) is 0.576. The maximum atomic E-state index is 12.5. The predicted octanol–water partition coefficient (Wildman–Crippen LogP) is 4.02. The molecule has 0 atom stereocenters. The molecule has 0 spiro atoms. The van der Waals surface area contributed by atoms with Gasteiger partial charge in [-0.05, 0) is 24.3 Å². The van der Waals surface area contributed by atoms with Crippen molar-refractivity contribution < 1.29 is 9.15 Å². The van der Waals surface area contributed by atoms with Crippen molar-refractivity contribution in [1.82, 2.24) is 4.98 Å². The van der Waals surface area contributed by atoms with Gasteiger partial charge in [0, 0.05) is 16.5 Å². The smallest absolute Gasteiger partial charge is 0.346 e. The van der Waals surface area contributed by atoms with Crippen molar-refractivity contribution in [3.8, 4) is 23.1 Å². The second-order valence-electron chi connectivity index (χ2n) is 5.68. The van der Waals surface area contributed by atoms with Gasteiger partial charge in [0.25, 0.3) is 0 Å². The molecule has 122 valence electrons. The van der Waals surface area contributed by atoms with E-state index in [1.165, 1.54) is 0 Å². The van der Waals surface area contributed by atoms with Gasteiger partial charge in [-0.2, -0.15) is 5.26 Å². The number of rotatable bonds is 3. The van der Waals surface area contributed by atoms with E-state index in [1.54, 1.807) is 13.2 Å². The van der Waals surface area contributed by atoms with Gasteiger partial charge in [0.2, 0.25) is 0 Å². The maximum absolute atomic E-state index is 12.5. The molecule has 0 bridgehead atoms. The third kappa shape index (κ3) is 2.36. The molecule has 2 heterocycles. The Hall–Kier alpha value is -3.52. The van der Waals surface area contributed by atoms with Crippen molar-refractivity contribution in [3.63, 3.8) is 0 Å². The molecule has 0 amide bonds. The standard InChI is InChI=1S/C20H14N2O3/c1-24-13-6-4-5-12(11-13)18-15(9-10-21)17-19(22-18)14-7-2-3-8-16(14)25-20(17)23/h2-8,11,22H,9H2,1H3. The zero-order valence-corrected chi connectivity index (χ0v) is 13.5. The molecule has 0 unspecified atom stereocenters. The van der Waals surface area contributed by atoms with Crippen LogP contribution in [0.4, 0.5) is 0 Å². The first-order valence-corrected chi connectivity index (χ1v) is 7.80. The van der Waals surface area contributed by atoms with Crippen molar-refractivity contribution in [2.75, 3.05) is 7.11 Å². The first-order chi connectivity index (χ1) is 12.2. The molecule has 0 aliphatic rings. The zero-order valence-electron chi connectivity index (χ0n) is 13.5. The Morgan fingerprint density at radius 3 is 2.84 bits per heavy atom. The van der Waals surface area contributed by atoms with Crippen molar-refractivity contribution >= 4 is 21.9 Å². The molecular weight excluding hydrogens is 316 g/mol. The summed E-state index contributed by atoms with van der Waals surface area (Å²) in [4.78, 5) is 15.9. The van der Waals surface area contributed by atoms with Crippen molar-refractivity contribution in [2.45, 2.75) is 6.42 Å². The average molecular weight is 330 g/mol. The third-order valence-corrected chi connectivity index (χ3v) is 4.28. The molecule has 4 aromatic rings. The summed E-state index contributed by atoms with van der Waals surface area (Å²) in [5.41, 5.74) is 3.00. The molecule has 4 rings (SSSR count). The van der Waals surface area contributed by atoms with Crippen molar-refractivity contribution in [1.29, 1.82) is 5.26 Å². The normalized spacial score (nSPS) is 10.9. The Kier molecular flexibility index (Phi) is 3.51. The monoisotopic (exact) mass is 330 g/mol. The van der Waals surface area contributed by atoms with Gasteiger partial charge < -0.3 is 14.1 Å². The number of fused-ring (bicyclic) bond motifs is 3. The fourth-order valence-electron chi connectivity index (χ4n) is 3.16. The van der Waals surface area contributed by atoms with Gasteiger partial charge in [0.15, 0.2) is 0 Å². The van der Waals surface area contributed by atoms with Crippen molar-refractivity contribution in [3.05, 3.63) is 64.5 Å². The van der Waals surface area contributed by atoms with Gasteiger partial charge in [-0.25, -0.2) is 4.79 Å². The highest BCUT2D eigenvalue weighted by atomic mass is 16.5. The molecule has 0 aliphatic heterocycles. The molecule has 0 fully saturated rings. The van der Waals surface area contributed by atoms with E-state index in [2.05, 4.69) is 11.1 Å². The highest BCUT2D eigenvalue weighted by Crippen LogP contribution is 2.33. The van der Waals surface area contributed by atoms with Crippen LogP contribution >= 0.6 is 0 Å². The van der Waals surface area contributed by atoms with Crippen LogP contribution in [0.5, 0.6) is 5.75 Å². The molecule has 0 radical (unpaired) electrons. The van der Waals surface area contributed by atoms with Crippen molar-refractivity contribution in [2.24, 2.45) is 0 Å². The molecule has 5 nitrogen and oxygen atoms in total. The Morgan fingerprint density at radius 2 is 2.04 bits per heavy atom. The molecular formula is C20H14N2O3. The number of hydrogen-bond donors (Lipinski definition) is 1. The number of methoxy groups -OCH3 is 1. The number of nitrogens with zero attached hydrogens (tertiary/aromatic N) is 1. The van der Waals surface area contributed by atoms with Crippen LogP contribution in [0.15, 0.2) is 57.7 Å². The van der Waals surface area contributed by atoms with Gasteiger partial charge in [-0.15, -0.1) is 0 Å². The lowest BCUT2D eigenvalue weighted by molar-refractivity contribution is 0.415. The number of aromatic nitrogens is 1. The summed E-state index contributed by atoms with van der Waals surface area (Å²) in [5.74, 6) is 0.705. The van der Waals surface area contributed by atoms with Crippen LogP contribution < -0.4 is 10.4 Å². The molecule has 2 aromatic carbocycles. The number of para-hydroxylation sites is 1. The molecule has 1 N–H and O–H groups in total. The molecule has 2 aromatic heterocycles. The second kappa shape index (κ2) is 5.84. The highest BCUT2D eigenvalue weighted by Gasteiger charge is 2.19. The number of nitrogens with one attached hydrogen (secondary N) is 1. The molecule has 0 saturated carbocycles. The first kappa shape index (κ1) is 15.0. The van der Waals surface area contributed by atoms with E-state index >= 15 is 0 Å². The Morgan fingerprint density at radius 1 is 1.20 bits per heavy atom. The van der Waals surface area contributed by atoms with Gasteiger partial charge in [-0.3, -0.25) is 0 Å². The molecule has 0 aliphatic carbocycles. The van der Waals surface area contributed by atoms with Gasteiger partial charge >= 0.3 is 5.63 Å². The summed E-state index contributed by atoms with van der Waals surface area (Å²) in [7, 11) is 1.60. The third-order valence-electron chi connectivity index (χ3n) is 4.28. The number of H-pyrrole nitrogens is 1. The minimum absolute atomic E-state index is 0.107. The lowest BCUT2D eigenvalue weighted by Gasteiger charge is -2.04. The highest BCUT2D eigenvalue weighted by molar-refractivity contribution is 6.06. The van der Waals surface area contributed by atoms with Crippen LogP contribution in [0, 0.1) is 11.3 Å². The van der Waals surface area contributed by atoms with E-state index < -0.39 is 5.63 Å². The van der Waals surface area contributed by atoms with E-state index in [1.807, 2.05) is 42.5 Å². The number of nitriles is 1. The Labute approximate surface area is 143 Å². The van der Waals surface area contributed by atoms with E-state index in [0.717, 1.165) is 16.6 Å². The van der Waals surface area contributed by atoms with Crippen LogP contribution in [0.2, 0.25) is 0 Å². The Balaban J connectivity index is 2.12. The summed E-state index contributed by atoms with van der Waals surface area (Å²) in [6, 6.07) is 17.0. The number of benzene rings is 2. The topological polar surface area (TPSA) is 79.0 Å². The largest absolute Gasteiger partial charge is 0.497 e. The number of hydrogen-bond acceptors (Lipinski definition) is 4. The minimum atomic E-state index is -0.440. The minimum Gasteiger partial charge on any atom is -0.497 e. The van der Waals surface area contributed by atoms with Crippen LogP contribution in [-0.2, 0) is 6.42 Å². The molecule has 0 saturated heterocycles. The summed E-state index contributed by atoms with van der Waals surface area (Å²) < 4.78 is 10.7. The second-order valence-corrected chi connectivity index (χ2v) is 5.68. The van der Waals surface area contributed by atoms with Crippen LogP contribution in [-0.4, -0.2) is 12.1 Å². The fraction of sp³-hybridized carbons (Fsp3) is 0.100. The zero-order chi connectivity index (χ0) is 17.4. The lowest BCUT2D eigenvalue weighted by Crippen LogP contribution is -2.01. The summed E-state index contributed by atoms with van der Waals surface area (Å²) in [6.45, 7) is 0. The van der Waals surface area contributed by atoms with Crippen LogP contribution in [0.25, 0.3) is 33.1 Å².